The zero-order valence-corrected chi connectivity index (χ0v) is 28.9. The van der Waals surface area contributed by atoms with Gasteiger partial charge in [-0.05, 0) is 98.1 Å². The zero-order valence-electron chi connectivity index (χ0n) is 28.0. The van der Waals surface area contributed by atoms with Crippen LogP contribution in [0.15, 0.2) is 176 Å². The molecule has 0 fully saturated rings. The first-order valence-electron chi connectivity index (χ1n) is 17.8. The van der Waals surface area contributed by atoms with Crippen molar-refractivity contribution in [2.45, 2.75) is 5.41 Å². The molecular weight excluding hydrogens is 652 g/mol. The highest BCUT2D eigenvalue weighted by Gasteiger charge is 2.52. The van der Waals surface area contributed by atoms with Crippen LogP contribution in [0.2, 0.25) is 0 Å². The fraction of sp³-hybridized carbons (Fsp3) is 0.0208. The molecule has 2 aliphatic heterocycles. The molecule has 9 aromatic rings. The maximum Gasteiger partial charge on any atom is 0.172 e. The number of para-hydroxylation sites is 3. The fourth-order valence-corrected chi connectivity index (χ4v) is 12.9. The summed E-state index contributed by atoms with van der Waals surface area (Å²) in [6.07, 6.45) is 3.71. The monoisotopic (exact) mass is 680 g/mol. The van der Waals surface area contributed by atoms with E-state index in [1.807, 2.05) is 48.8 Å². The lowest BCUT2D eigenvalue weighted by Crippen LogP contribution is -2.33. The number of benzene rings is 7. The SMILES string of the molecule is O=[P@@]1(c2ccccc2)c2ccccc2-c2cc3c(cc21)-c1cc(-c2ccncc2)ccc1C31c2ccccc2-n2c3ccccc3c3cccc1c32. The van der Waals surface area contributed by atoms with Crippen LogP contribution in [0, 0.1) is 0 Å². The number of pyridine rings is 1. The van der Waals surface area contributed by atoms with Gasteiger partial charge in [-0.25, -0.2) is 0 Å². The van der Waals surface area contributed by atoms with Gasteiger partial charge in [0.25, 0.3) is 0 Å². The van der Waals surface area contributed by atoms with Crippen LogP contribution in [0.25, 0.3) is 60.9 Å². The van der Waals surface area contributed by atoms with E-state index in [0.29, 0.717) is 0 Å². The molecule has 2 aromatic heterocycles. The summed E-state index contributed by atoms with van der Waals surface area (Å²) in [4.78, 5) is 4.30. The topological polar surface area (TPSA) is 34.9 Å². The van der Waals surface area contributed by atoms with E-state index < -0.39 is 12.6 Å². The molecule has 1 spiro atoms. The van der Waals surface area contributed by atoms with E-state index in [2.05, 4.69) is 137 Å². The maximum absolute atomic E-state index is 15.8. The van der Waals surface area contributed by atoms with Crippen molar-refractivity contribution >= 4 is 44.9 Å². The third-order valence-corrected chi connectivity index (χ3v) is 15.0. The number of nitrogens with zero attached hydrogens (tertiary/aromatic N) is 2. The van der Waals surface area contributed by atoms with E-state index in [0.717, 1.165) is 43.7 Å². The summed E-state index contributed by atoms with van der Waals surface area (Å²) in [5.41, 5.74) is 14.8. The van der Waals surface area contributed by atoms with Crippen LogP contribution in [-0.4, -0.2) is 9.55 Å². The van der Waals surface area contributed by atoms with Gasteiger partial charge < -0.3 is 9.13 Å². The van der Waals surface area contributed by atoms with Crippen molar-refractivity contribution in [1.82, 2.24) is 9.55 Å². The average molecular weight is 681 g/mol. The van der Waals surface area contributed by atoms with E-state index in [9.17, 15) is 0 Å². The van der Waals surface area contributed by atoms with Gasteiger partial charge in [0.15, 0.2) is 7.14 Å². The molecule has 1 aliphatic carbocycles. The Morgan fingerprint density at radius 1 is 0.481 bits per heavy atom. The van der Waals surface area contributed by atoms with E-state index in [-0.39, 0.29) is 0 Å². The molecule has 2 atom stereocenters. The summed E-state index contributed by atoms with van der Waals surface area (Å²) in [6, 6.07) is 58.9. The van der Waals surface area contributed by atoms with Crippen molar-refractivity contribution < 1.29 is 4.57 Å². The molecule has 4 heterocycles. The highest BCUT2D eigenvalue weighted by molar-refractivity contribution is 7.86. The summed E-state index contributed by atoms with van der Waals surface area (Å²) in [5.74, 6) is 0. The van der Waals surface area contributed by atoms with E-state index in [1.165, 1.54) is 55.3 Å². The van der Waals surface area contributed by atoms with Crippen molar-refractivity contribution in [2.24, 2.45) is 0 Å². The highest BCUT2D eigenvalue weighted by Crippen LogP contribution is 2.63. The second kappa shape index (κ2) is 9.94. The molecule has 0 saturated heterocycles. The Morgan fingerprint density at radius 3 is 2.12 bits per heavy atom. The molecule has 0 N–H and O–H groups in total. The molecule has 0 radical (unpaired) electrons. The quantitative estimate of drug-likeness (QED) is 0.170. The first-order valence-corrected chi connectivity index (χ1v) is 19.5. The number of hydrogen-bond acceptors (Lipinski definition) is 2. The van der Waals surface area contributed by atoms with Gasteiger partial charge in [0.05, 0.1) is 22.1 Å². The molecule has 242 valence electrons. The normalized spacial score (nSPS) is 18.6. The number of rotatable bonds is 2. The lowest BCUT2D eigenvalue weighted by atomic mass is 9.65. The Balaban J connectivity index is 1.27. The minimum absolute atomic E-state index is 0.606. The molecule has 4 heteroatoms. The lowest BCUT2D eigenvalue weighted by molar-refractivity contribution is 0.593. The molecule has 3 nitrogen and oxygen atoms in total. The Hall–Kier alpha value is -6.28. The molecule has 0 bridgehead atoms. The molecule has 0 amide bonds. The summed E-state index contributed by atoms with van der Waals surface area (Å²) < 4.78 is 18.3. The minimum Gasteiger partial charge on any atom is -0.309 e. The summed E-state index contributed by atoms with van der Waals surface area (Å²) >= 11 is 0. The standard InChI is InChI=1S/C48H29N2OP/c51-52(32-11-2-1-3-12-32)45-20-9-5-14-34(45)38-28-42-37(29-46(38)52)36-27-31(30-23-25-49-26-24-30)21-22-39(36)48(42)40-16-6-8-19-44(40)50-43-18-7-4-13-33(43)35-15-10-17-41(48)47(35)50/h1-29H/t48?,52-/m0/s1. The van der Waals surface area contributed by atoms with Crippen LogP contribution < -0.4 is 15.9 Å². The van der Waals surface area contributed by atoms with Gasteiger partial charge in [-0.1, -0.05) is 121 Å². The molecule has 3 aliphatic rings. The number of aromatic nitrogens is 2. The predicted molar refractivity (Wildman–Crippen MR) is 213 cm³/mol. The van der Waals surface area contributed by atoms with Crippen LogP contribution >= 0.6 is 7.14 Å². The van der Waals surface area contributed by atoms with Gasteiger partial charge in [0.2, 0.25) is 0 Å². The second-order valence-corrected chi connectivity index (χ2v) is 16.9. The van der Waals surface area contributed by atoms with Crippen molar-refractivity contribution in [3.63, 3.8) is 0 Å². The largest absolute Gasteiger partial charge is 0.309 e. The van der Waals surface area contributed by atoms with E-state index >= 15 is 4.57 Å². The maximum atomic E-state index is 15.8. The van der Waals surface area contributed by atoms with Gasteiger partial charge in [0.1, 0.15) is 0 Å². The molecule has 7 aromatic carbocycles. The Kier molecular flexibility index (Phi) is 5.43. The van der Waals surface area contributed by atoms with Crippen molar-refractivity contribution in [3.05, 3.63) is 198 Å². The van der Waals surface area contributed by atoms with E-state index in [4.69, 9.17) is 0 Å². The zero-order chi connectivity index (χ0) is 34.2. The Labute approximate surface area is 300 Å². The second-order valence-electron chi connectivity index (χ2n) is 14.2. The Morgan fingerprint density at radius 2 is 1.21 bits per heavy atom. The van der Waals surface area contributed by atoms with Crippen LogP contribution in [0.3, 0.4) is 0 Å². The third kappa shape index (κ3) is 3.29. The highest BCUT2D eigenvalue weighted by atomic mass is 31.2. The summed E-state index contributed by atoms with van der Waals surface area (Å²) in [6.45, 7) is 0. The molecule has 52 heavy (non-hydrogen) atoms. The number of hydrogen-bond donors (Lipinski definition) is 0. The van der Waals surface area contributed by atoms with Gasteiger partial charge in [-0.2, -0.15) is 0 Å². The van der Waals surface area contributed by atoms with Crippen LogP contribution in [0.5, 0.6) is 0 Å². The molecule has 0 saturated carbocycles. The first-order chi connectivity index (χ1) is 25.7. The third-order valence-electron chi connectivity index (χ3n) is 11.9. The first kappa shape index (κ1) is 28.4. The molecular formula is C48H29N2OP. The van der Waals surface area contributed by atoms with E-state index in [1.54, 1.807) is 0 Å². The predicted octanol–water partition coefficient (Wildman–Crippen LogP) is 10.1. The molecule has 12 rings (SSSR count). The fourth-order valence-electron chi connectivity index (χ4n) is 9.87. The lowest BCUT2D eigenvalue weighted by Gasteiger charge is -2.39. The smallest absolute Gasteiger partial charge is 0.172 e. The van der Waals surface area contributed by atoms with Gasteiger partial charge in [0, 0.05) is 39.1 Å². The molecule has 1 unspecified atom stereocenters. The summed E-state index contributed by atoms with van der Waals surface area (Å²) in [7, 11) is -3.16. The van der Waals surface area contributed by atoms with Gasteiger partial charge in [-0.3, -0.25) is 4.98 Å². The van der Waals surface area contributed by atoms with Crippen LogP contribution in [0.4, 0.5) is 0 Å². The van der Waals surface area contributed by atoms with Crippen molar-refractivity contribution in [1.29, 1.82) is 0 Å². The van der Waals surface area contributed by atoms with Crippen LogP contribution in [0.1, 0.15) is 22.3 Å². The Bertz CT molecular complexity index is 3050. The van der Waals surface area contributed by atoms with Crippen molar-refractivity contribution in [3.8, 4) is 39.1 Å². The average Bonchev–Trinajstić information content (AvgIpc) is 3.80. The van der Waals surface area contributed by atoms with Gasteiger partial charge in [-0.15, -0.1) is 0 Å². The van der Waals surface area contributed by atoms with Crippen molar-refractivity contribution in [2.75, 3.05) is 0 Å². The van der Waals surface area contributed by atoms with Gasteiger partial charge >= 0.3 is 0 Å². The minimum atomic E-state index is -3.16. The summed E-state index contributed by atoms with van der Waals surface area (Å²) in [5, 5.41) is 5.23. The van der Waals surface area contributed by atoms with Crippen LogP contribution in [-0.2, 0) is 9.98 Å². The number of fused-ring (bicyclic) bond motifs is 15.